The summed E-state index contributed by atoms with van der Waals surface area (Å²) in [6.45, 7) is 5.02. The van der Waals surface area contributed by atoms with Gasteiger partial charge < -0.3 is 14.7 Å². The molecule has 5 aromatic rings. The molecule has 0 bridgehead atoms. The van der Waals surface area contributed by atoms with Crippen molar-refractivity contribution < 1.29 is 32.8 Å². The summed E-state index contributed by atoms with van der Waals surface area (Å²) in [4.78, 5) is 36.9. The molecule has 0 saturated heterocycles. The summed E-state index contributed by atoms with van der Waals surface area (Å²) in [6.07, 6.45) is 0.203. The second-order valence-electron chi connectivity index (χ2n) is 12.9. The zero-order chi connectivity index (χ0) is 36.1. The Balaban J connectivity index is 1.50. The molecule has 0 fully saturated rings. The predicted molar refractivity (Wildman–Crippen MR) is 192 cm³/mol. The second-order valence-corrected chi connectivity index (χ2v) is 14.8. The van der Waals surface area contributed by atoms with Crippen LogP contribution >= 0.6 is 0 Å². The SMILES string of the molecule is CC(C)(C)OC(=O)N(CCN(CCCc1c2ccccc2cc2ccccc12)S(=O)(=O)c1ccc(C(=O)O)cc1[N+](=O)[O-])Cc1ccccc1. The molecule has 12 heteroatoms. The number of rotatable bonds is 13. The van der Waals surface area contributed by atoms with E-state index in [-0.39, 0.29) is 26.2 Å². The van der Waals surface area contributed by atoms with Crippen molar-refractivity contribution in [3.8, 4) is 0 Å². The molecule has 1 N–H and O–H groups in total. The van der Waals surface area contributed by atoms with Crippen LogP contribution in [-0.2, 0) is 27.7 Å². The van der Waals surface area contributed by atoms with E-state index in [1.807, 2.05) is 78.9 Å². The topological polar surface area (TPSA) is 147 Å². The minimum absolute atomic E-state index is 0.0365. The molecule has 0 saturated carbocycles. The van der Waals surface area contributed by atoms with E-state index in [1.165, 1.54) is 4.90 Å². The molecule has 0 aliphatic rings. The molecule has 0 heterocycles. The first kappa shape index (κ1) is 36.0. The van der Waals surface area contributed by atoms with Crippen LogP contribution in [0.3, 0.4) is 0 Å². The van der Waals surface area contributed by atoms with E-state index in [4.69, 9.17) is 4.74 Å². The number of fused-ring (bicyclic) bond motifs is 2. The number of carbonyl (C=O) groups excluding carboxylic acids is 1. The lowest BCUT2D eigenvalue weighted by Gasteiger charge is -2.30. The fraction of sp³-hybridized carbons (Fsp3) is 0.263. The molecule has 5 rings (SSSR count). The first-order valence-corrected chi connectivity index (χ1v) is 17.6. The van der Waals surface area contributed by atoms with Gasteiger partial charge in [0.15, 0.2) is 4.90 Å². The second kappa shape index (κ2) is 15.1. The fourth-order valence-corrected chi connectivity index (χ4v) is 7.52. The van der Waals surface area contributed by atoms with Crippen LogP contribution in [0.4, 0.5) is 10.5 Å². The van der Waals surface area contributed by atoms with Crippen LogP contribution in [0, 0.1) is 10.1 Å². The van der Waals surface area contributed by atoms with Crippen LogP contribution in [0.25, 0.3) is 21.5 Å². The van der Waals surface area contributed by atoms with Crippen molar-refractivity contribution >= 4 is 49.3 Å². The monoisotopic (exact) mass is 697 g/mol. The minimum Gasteiger partial charge on any atom is -0.478 e. The number of carboxylic acid groups (broad SMARTS) is 1. The highest BCUT2D eigenvalue weighted by Crippen LogP contribution is 2.31. The quantitative estimate of drug-likeness (QED) is 0.0749. The van der Waals surface area contributed by atoms with Crippen LogP contribution in [0.1, 0.15) is 48.7 Å². The maximum absolute atomic E-state index is 14.3. The normalized spacial score (nSPS) is 11.9. The van der Waals surface area contributed by atoms with Gasteiger partial charge in [-0.3, -0.25) is 10.1 Å². The highest BCUT2D eigenvalue weighted by atomic mass is 32.2. The Bertz CT molecular complexity index is 2090. The van der Waals surface area contributed by atoms with Gasteiger partial charge in [0.05, 0.1) is 10.5 Å². The number of nitrogens with zero attached hydrogens (tertiary/aromatic N) is 3. The smallest absolute Gasteiger partial charge is 0.410 e. The van der Waals surface area contributed by atoms with E-state index in [0.717, 1.165) is 55.2 Å². The van der Waals surface area contributed by atoms with Gasteiger partial charge in [0.1, 0.15) is 5.60 Å². The van der Waals surface area contributed by atoms with Gasteiger partial charge in [-0.1, -0.05) is 78.9 Å². The molecule has 5 aromatic carbocycles. The molecule has 0 radical (unpaired) electrons. The summed E-state index contributed by atoms with van der Waals surface area (Å²) in [5.74, 6) is -1.43. The molecule has 0 atom stereocenters. The molecule has 0 unspecified atom stereocenters. The molecule has 260 valence electrons. The van der Waals surface area contributed by atoms with Crippen molar-refractivity contribution in [2.45, 2.75) is 50.7 Å². The molecule has 50 heavy (non-hydrogen) atoms. The van der Waals surface area contributed by atoms with Gasteiger partial charge in [-0.15, -0.1) is 0 Å². The number of carboxylic acids is 1. The number of amides is 1. The third-order valence-corrected chi connectivity index (χ3v) is 10.2. The number of aryl methyl sites for hydroxylation is 1. The molecular weight excluding hydrogens is 658 g/mol. The van der Waals surface area contributed by atoms with Crippen molar-refractivity contribution in [1.82, 2.24) is 9.21 Å². The first-order chi connectivity index (χ1) is 23.7. The third kappa shape index (κ3) is 8.44. The van der Waals surface area contributed by atoms with Crippen LogP contribution in [0.2, 0.25) is 0 Å². The lowest BCUT2D eigenvalue weighted by molar-refractivity contribution is -0.387. The average molecular weight is 698 g/mol. The van der Waals surface area contributed by atoms with E-state index in [1.54, 1.807) is 20.8 Å². The van der Waals surface area contributed by atoms with E-state index in [2.05, 4.69) is 6.07 Å². The van der Waals surface area contributed by atoms with Crippen LogP contribution in [0.15, 0.2) is 108 Å². The van der Waals surface area contributed by atoms with Gasteiger partial charge in [-0.2, -0.15) is 4.31 Å². The number of carbonyl (C=O) groups is 2. The van der Waals surface area contributed by atoms with Gasteiger partial charge in [-0.05, 0) is 84.5 Å². The fourth-order valence-electron chi connectivity index (χ4n) is 5.91. The first-order valence-electron chi connectivity index (χ1n) is 16.2. The van der Waals surface area contributed by atoms with Crippen LogP contribution in [0.5, 0.6) is 0 Å². The number of sulfonamides is 1. The summed E-state index contributed by atoms with van der Waals surface area (Å²) in [5.41, 5.74) is -0.221. The van der Waals surface area contributed by atoms with Crippen LogP contribution < -0.4 is 0 Å². The van der Waals surface area contributed by atoms with Crippen molar-refractivity contribution in [2.24, 2.45) is 0 Å². The Hall–Kier alpha value is -5.33. The maximum Gasteiger partial charge on any atom is 0.410 e. The summed E-state index contributed by atoms with van der Waals surface area (Å²) >= 11 is 0. The Morgan fingerprint density at radius 1 is 0.820 bits per heavy atom. The highest BCUT2D eigenvalue weighted by Gasteiger charge is 2.33. The van der Waals surface area contributed by atoms with E-state index in [9.17, 15) is 33.2 Å². The molecule has 0 spiro atoms. The molecule has 0 aliphatic carbocycles. The van der Waals surface area contributed by atoms with E-state index < -0.39 is 48.8 Å². The van der Waals surface area contributed by atoms with Gasteiger partial charge in [-0.25, -0.2) is 18.0 Å². The maximum atomic E-state index is 14.3. The standard InChI is InChI=1S/C38H39N3O8S/c1-38(2,3)49-37(44)39(26-27-12-5-4-6-13-27)22-23-40(50(47,48)35-20-19-30(36(42)43)25-34(35)41(45)46)21-11-18-33-31-16-9-7-14-28(31)24-29-15-8-10-17-32(29)33/h4-10,12-17,19-20,24-25H,11,18,21-23,26H2,1-3H3,(H,42,43). The number of hydrogen-bond donors (Lipinski definition) is 1. The van der Waals surface area contributed by atoms with Gasteiger partial charge in [0.2, 0.25) is 10.0 Å². The van der Waals surface area contributed by atoms with Crippen molar-refractivity contribution in [3.63, 3.8) is 0 Å². The minimum atomic E-state index is -4.57. The number of hydrogen-bond acceptors (Lipinski definition) is 7. The lowest BCUT2D eigenvalue weighted by Crippen LogP contribution is -2.43. The van der Waals surface area contributed by atoms with Crippen molar-refractivity contribution in [3.05, 3.63) is 130 Å². The molecular formula is C38H39N3O8S. The average Bonchev–Trinajstić information content (AvgIpc) is 3.07. The van der Waals surface area contributed by atoms with Gasteiger partial charge in [0, 0.05) is 32.2 Å². The summed E-state index contributed by atoms with van der Waals surface area (Å²) < 4.78 is 35.4. The third-order valence-electron chi connectivity index (χ3n) is 8.22. The predicted octanol–water partition coefficient (Wildman–Crippen LogP) is 7.66. The zero-order valence-electron chi connectivity index (χ0n) is 28.1. The Kier molecular flexibility index (Phi) is 10.8. The Morgan fingerprint density at radius 3 is 2.00 bits per heavy atom. The number of nitro benzene ring substituents is 1. The van der Waals surface area contributed by atoms with Crippen molar-refractivity contribution in [2.75, 3.05) is 19.6 Å². The lowest BCUT2D eigenvalue weighted by atomic mass is 9.94. The van der Waals surface area contributed by atoms with E-state index >= 15 is 0 Å². The Labute approximate surface area is 290 Å². The summed E-state index contributed by atoms with van der Waals surface area (Å²) in [7, 11) is -4.57. The molecule has 1 amide bonds. The number of benzene rings is 5. The van der Waals surface area contributed by atoms with Crippen LogP contribution in [-0.4, -0.2) is 65.0 Å². The highest BCUT2D eigenvalue weighted by molar-refractivity contribution is 7.89. The largest absolute Gasteiger partial charge is 0.478 e. The Morgan fingerprint density at radius 2 is 1.42 bits per heavy atom. The summed E-state index contributed by atoms with van der Waals surface area (Å²) in [5, 5.41) is 25.7. The number of nitro groups is 1. The molecule has 11 nitrogen and oxygen atoms in total. The van der Waals surface area contributed by atoms with E-state index in [0.29, 0.717) is 12.8 Å². The van der Waals surface area contributed by atoms with Crippen molar-refractivity contribution in [1.29, 1.82) is 0 Å². The zero-order valence-corrected chi connectivity index (χ0v) is 28.9. The molecule has 0 aliphatic heterocycles. The van der Waals surface area contributed by atoms with Gasteiger partial charge >= 0.3 is 12.1 Å². The number of aromatic carboxylic acids is 1. The summed E-state index contributed by atoms with van der Waals surface area (Å²) in [6, 6.07) is 30.0. The molecule has 0 aromatic heterocycles. The van der Waals surface area contributed by atoms with Gasteiger partial charge in [0.25, 0.3) is 5.69 Å². The number of ether oxygens (including phenoxy) is 1.